The summed E-state index contributed by atoms with van der Waals surface area (Å²) in [6.45, 7) is 0. The lowest BCUT2D eigenvalue weighted by Gasteiger charge is -2.05. The van der Waals surface area contributed by atoms with Gasteiger partial charge in [-0.1, -0.05) is 0 Å². The van der Waals surface area contributed by atoms with Crippen LogP contribution >= 0.6 is 0 Å². The molecule has 21 heavy (non-hydrogen) atoms. The second-order valence-corrected chi connectivity index (χ2v) is 6.28. The number of anilines is 2. The van der Waals surface area contributed by atoms with E-state index in [9.17, 15) is 8.42 Å². The number of nitrogen functional groups attached to an aromatic ring is 2. The van der Waals surface area contributed by atoms with Gasteiger partial charge in [0, 0.05) is 11.4 Å². The Labute approximate surface area is 124 Å². The fourth-order valence-electron chi connectivity index (χ4n) is 1.43. The molecule has 0 saturated carbocycles. The zero-order valence-electron chi connectivity index (χ0n) is 10.7. The Hall–Kier alpha value is -1.94. The summed E-state index contributed by atoms with van der Waals surface area (Å²) in [5.41, 5.74) is 12.1. The van der Waals surface area contributed by atoms with Crippen LogP contribution in [-0.4, -0.2) is 21.7 Å². The maximum Gasteiger partial charge on any atom is 0.299 e. The van der Waals surface area contributed by atoms with E-state index in [0.717, 1.165) is 0 Å². The maximum atomic E-state index is 12.2. The first-order valence-corrected chi connectivity index (χ1v) is 8.04. The van der Waals surface area contributed by atoms with Crippen LogP contribution in [0.1, 0.15) is 0 Å². The molecule has 7 nitrogen and oxygen atoms in total. The molecule has 2 aromatic rings. The molecule has 0 spiro atoms. The van der Waals surface area contributed by atoms with E-state index in [1.54, 1.807) is 24.3 Å². The van der Waals surface area contributed by atoms with E-state index in [0.29, 0.717) is 11.4 Å². The molecule has 0 aliphatic heterocycles. The monoisotopic (exact) mass is 330 g/mol. The Morgan fingerprint density at radius 1 is 0.762 bits per heavy atom. The number of nitrogens with two attached hydrogens (primary N) is 2. The van der Waals surface area contributed by atoms with Crippen LogP contribution in [-0.2, 0) is 21.2 Å². The van der Waals surface area contributed by atoms with Crippen molar-refractivity contribution in [3.63, 3.8) is 0 Å². The quantitative estimate of drug-likeness (QED) is 0.480. The maximum absolute atomic E-state index is 12.2. The van der Waals surface area contributed by atoms with Crippen molar-refractivity contribution in [2.75, 3.05) is 11.5 Å². The lowest BCUT2D eigenvalue weighted by Crippen LogP contribution is -2.02. The molecule has 0 radical (unpaired) electrons. The van der Waals surface area contributed by atoms with Gasteiger partial charge in [-0.25, -0.2) is 8.42 Å². The van der Waals surface area contributed by atoms with Gasteiger partial charge in [-0.15, -0.1) is 0 Å². The summed E-state index contributed by atoms with van der Waals surface area (Å²) in [6, 6.07) is 12.2. The van der Waals surface area contributed by atoms with Crippen LogP contribution in [0.4, 0.5) is 11.4 Å². The number of rotatable bonds is 2. The fourth-order valence-corrected chi connectivity index (χ4v) is 2.69. The molecule has 0 aliphatic rings. The van der Waals surface area contributed by atoms with Crippen molar-refractivity contribution >= 4 is 32.6 Å². The molecule has 0 heterocycles. The van der Waals surface area contributed by atoms with E-state index in [4.69, 9.17) is 24.8 Å². The molecular formula is C12H14N2O5S2. The number of sulfone groups is 1. The highest BCUT2D eigenvalue weighted by atomic mass is 32.2. The van der Waals surface area contributed by atoms with Crippen molar-refractivity contribution in [3.05, 3.63) is 48.5 Å². The van der Waals surface area contributed by atoms with Gasteiger partial charge >= 0.3 is 0 Å². The SMILES string of the molecule is Nc1ccc(S(=O)(=O)c2ccc(N)cc2)cc1.O=S(O)O. The number of hydrogen-bond acceptors (Lipinski definition) is 5. The smallest absolute Gasteiger partial charge is 0.299 e. The van der Waals surface area contributed by atoms with E-state index in [-0.39, 0.29) is 9.79 Å². The van der Waals surface area contributed by atoms with Gasteiger partial charge in [-0.05, 0) is 48.5 Å². The van der Waals surface area contributed by atoms with Crippen LogP contribution in [0, 0.1) is 0 Å². The van der Waals surface area contributed by atoms with Crippen molar-refractivity contribution in [1.82, 2.24) is 0 Å². The highest BCUT2D eigenvalue weighted by Gasteiger charge is 2.16. The van der Waals surface area contributed by atoms with Gasteiger partial charge in [0.05, 0.1) is 9.79 Å². The minimum atomic E-state index is -3.48. The second-order valence-electron chi connectivity index (χ2n) is 3.87. The highest BCUT2D eigenvalue weighted by molar-refractivity contribution is 7.91. The van der Waals surface area contributed by atoms with Gasteiger partial charge in [0.1, 0.15) is 0 Å². The first kappa shape index (κ1) is 17.1. The third-order valence-corrected chi connectivity index (χ3v) is 4.17. The normalized spacial score (nSPS) is 10.8. The summed E-state index contributed by atoms with van der Waals surface area (Å²) in [5.74, 6) is 0. The Kier molecular flexibility index (Phi) is 5.85. The van der Waals surface area contributed by atoms with Crippen molar-refractivity contribution in [3.8, 4) is 0 Å². The summed E-state index contributed by atoms with van der Waals surface area (Å²) < 4.78 is 47.2. The minimum absolute atomic E-state index is 0.219. The first-order chi connectivity index (χ1) is 9.73. The van der Waals surface area contributed by atoms with Gasteiger partial charge in [-0.3, -0.25) is 9.11 Å². The standard InChI is InChI=1S/C12H12N2O2S.H2O3S/c13-9-1-5-11(6-2-9)17(15,16)12-7-3-10(14)4-8-12;1-4(2)3/h1-8H,13-14H2;(H2,1,2,3). The molecule has 0 unspecified atom stereocenters. The van der Waals surface area contributed by atoms with Gasteiger partial charge in [-0.2, -0.15) is 4.21 Å². The molecule has 0 aromatic heterocycles. The molecule has 0 bridgehead atoms. The molecular weight excluding hydrogens is 316 g/mol. The topological polar surface area (TPSA) is 144 Å². The highest BCUT2D eigenvalue weighted by Crippen LogP contribution is 2.22. The lowest BCUT2D eigenvalue weighted by molar-refractivity contribution is 0.454. The summed E-state index contributed by atoms with van der Waals surface area (Å²) in [5, 5.41) is 0. The Morgan fingerprint density at radius 3 is 1.24 bits per heavy atom. The molecule has 0 fully saturated rings. The van der Waals surface area contributed by atoms with Crippen molar-refractivity contribution in [2.24, 2.45) is 0 Å². The summed E-state index contributed by atoms with van der Waals surface area (Å²) in [6.07, 6.45) is 0. The minimum Gasteiger partial charge on any atom is -0.399 e. The van der Waals surface area contributed by atoms with Crippen LogP contribution in [0.3, 0.4) is 0 Å². The van der Waals surface area contributed by atoms with Crippen molar-refractivity contribution < 1.29 is 21.7 Å². The summed E-state index contributed by atoms with van der Waals surface area (Å²) in [4.78, 5) is 0.438. The third-order valence-electron chi connectivity index (χ3n) is 2.38. The molecule has 2 aromatic carbocycles. The largest absolute Gasteiger partial charge is 0.399 e. The van der Waals surface area contributed by atoms with Crippen LogP contribution in [0.15, 0.2) is 58.3 Å². The predicted molar refractivity (Wildman–Crippen MR) is 80.6 cm³/mol. The average Bonchev–Trinajstić information content (AvgIpc) is 2.39. The molecule has 114 valence electrons. The molecule has 6 N–H and O–H groups in total. The van der Waals surface area contributed by atoms with Crippen LogP contribution < -0.4 is 11.5 Å². The van der Waals surface area contributed by atoms with Gasteiger partial charge in [0.2, 0.25) is 9.84 Å². The summed E-state index contributed by atoms with van der Waals surface area (Å²) in [7, 11) is -3.48. The van der Waals surface area contributed by atoms with Gasteiger partial charge in [0.25, 0.3) is 11.4 Å². The molecule has 0 amide bonds. The van der Waals surface area contributed by atoms with Crippen molar-refractivity contribution in [2.45, 2.75) is 9.79 Å². The third kappa shape index (κ3) is 5.16. The van der Waals surface area contributed by atoms with E-state index < -0.39 is 21.2 Å². The van der Waals surface area contributed by atoms with Gasteiger partial charge < -0.3 is 11.5 Å². The van der Waals surface area contributed by atoms with Crippen LogP contribution in [0.5, 0.6) is 0 Å². The van der Waals surface area contributed by atoms with Crippen LogP contribution in [0.2, 0.25) is 0 Å². The zero-order valence-corrected chi connectivity index (χ0v) is 12.3. The Balaban J connectivity index is 0.000000491. The molecule has 0 saturated heterocycles. The number of benzene rings is 2. The predicted octanol–water partition coefficient (Wildman–Crippen LogP) is 1.36. The fraction of sp³-hybridized carbons (Fsp3) is 0. The molecule has 0 aliphatic carbocycles. The molecule has 2 rings (SSSR count). The second kappa shape index (κ2) is 7.18. The van der Waals surface area contributed by atoms with E-state index in [1.807, 2.05) is 0 Å². The lowest BCUT2D eigenvalue weighted by atomic mass is 10.3. The first-order valence-electron chi connectivity index (χ1n) is 5.49. The van der Waals surface area contributed by atoms with E-state index >= 15 is 0 Å². The van der Waals surface area contributed by atoms with Crippen LogP contribution in [0.25, 0.3) is 0 Å². The average molecular weight is 330 g/mol. The zero-order chi connectivity index (χ0) is 16.0. The number of hydrogen-bond donors (Lipinski definition) is 4. The van der Waals surface area contributed by atoms with Gasteiger partial charge in [0.15, 0.2) is 0 Å². The Morgan fingerprint density at radius 2 is 1.00 bits per heavy atom. The molecule has 0 atom stereocenters. The Bertz CT molecular complexity index is 657. The van der Waals surface area contributed by atoms with E-state index in [1.165, 1.54) is 24.3 Å². The van der Waals surface area contributed by atoms with E-state index in [2.05, 4.69) is 0 Å². The molecule has 9 heteroatoms. The summed E-state index contributed by atoms with van der Waals surface area (Å²) >= 11 is -2.61. The van der Waals surface area contributed by atoms with Crippen molar-refractivity contribution in [1.29, 1.82) is 0 Å².